The van der Waals surface area contributed by atoms with Gasteiger partial charge in [0, 0.05) is 69.0 Å². The van der Waals surface area contributed by atoms with Gasteiger partial charge in [-0.15, -0.1) is 11.8 Å². The van der Waals surface area contributed by atoms with Crippen LogP contribution in [0.15, 0.2) is 40.2 Å². The zero-order valence-electron chi connectivity index (χ0n) is 43.8. The molecule has 0 aliphatic carbocycles. The highest BCUT2D eigenvalue weighted by molar-refractivity contribution is 8.00. The standard InChI is InChI=1S/C47H63N17O16S/c1-22(56-39(74)23-6-8-24(9-7-23)54-20-25-21-55-38-37(57-25)44(79)63-47(50)62-38)5-10-32(66)58-28(17-35(70)71)42(77)59-26(4-3-12-53-46(48)49)41(76)61-29(18-36(72)73)43(78)60-27(16-34(68)69)40(75)52-13-15-81-30-19-33(67)64(45(30)80)14-11-31(65)51-2/h6-9,21-22,26-30,54H,3-5,10-20H2,1-2H3,(H,51,65)(H,52,75)(H,56,74)(H,58,66)(H,59,77)(H,60,78)(H,61,76)(H,68,69)(H,70,71)(H,72,73)(H4,48,49,53)(H3,50,55,62,63,79)/t22-,26+,27+,28+,29+,30?/m1/s1. The van der Waals surface area contributed by atoms with Gasteiger partial charge in [0.25, 0.3) is 11.5 Å². The smallest absolute Gasteiger partial charge is 0.305 e. The van der Waals surface area contributed by atoms with Crippen molar-refractivity contribution in [1.29, 1.82) is 0 Å². The molecule has 6 atom stereocenters. The van der Waals surface area contributed by atoms with E-state index >= 15 is 0 Å². The number of hydrogen-bond donors (Lipinski definition) is 15. The van der Waals surface area contributed by atoms with Gasteiger partial charge in [0.15, 0.2) is 17.1 Å². The number of rotatable bonds is 33. The Morgan fingerprint density at radius 1 is 0.778 bits per heavy atom. The summed E-state index contributed by atoms with van der Waals surface area (Å²) in [7, 11) is 1.40. The number of aliphatic imine (C=N–C) groups is 1. The average Bonchev–Trinajstić information content (AvgIpc) is 3.74. The van der Waals surface area contributed by atoms with E-state index in [1.54, 1.807) is 19.1 Å². The highest BCUT2D eigenvalue weighted by atomic mass is 32.2. The van der Waals surface area contributed by atoms with E-state index in [4.69, 9.17) is 17.2 Å². The summed E-state index contributed by atoms with van der Waals surface area (Å²) in [6.07, 6.45) is -2.71. The number of nitrogens with one attached hydrogen (secondary N) is 9. The second kappa shape index (κ2) is 31.2. The number of carbonyl (C=O) groups is 12. The van der Waals surface area contributed by atoms with Crippen molar-refractivity contribution in [3.63, 3.8) is 0 Å². The van der Waals surface area contributed by atoms with Crippen LogP contribution in [0.3, 0.4) is 0 Å². The molecule has 4 rings (SSSR count). The molecule has 0 radical (unpaired) electrons. The molecule has 1 aromatic carbocycles. The number of guanidine groups is 1. The van der Waals surface area contributed by atoms with Crippen LogP contribution in [0.1, 0.15) is 80.8 Å². The molecule has 0 saturated carbocycles. The summed E-state index contributed by atoms with van der Waals surface area (Å²) in [5.41, 5.74) is 17.1. The number of likely N-dealkylation sites (tertiary alicyclic amines) is 1. The van der Waals surface area contributed by atoms with Crippen molar-refractivity contribution in [2.24, 2.45) is 16.5 Å². The molecule has 9 amide bonds. The summed E-state index contributed by atoms with van der Waals surface area (Å²) >= 11 is 1.00. The number of H-pyrrole nitrogens is 1. The van der Waals surface area contributed by atoms with Crippen LogP contribution >= 0.6 is 11.8 Å². The van der Waals surface area contributed by atoms with E-state index in [9.17, 15) is 77.6 Å². The Hall–Kier alpha value is -9.50. The van der Waals surface area contributed by atoms with Crippen LogP contribution in [0.5, 0.6) is 0 Å². The third-order valence-corrected chi connectivity index (χ3v) is 12.9. The molecule has 0 spiro atoms. The minimum absolute atomic E-state index is 0.00132. The number of anilines is 2. The summed E-state index contributed by atoms with van der Waals surface area (Å²) < 4.78 is 0. The van der Waals surface area contributed by atoms with E-state index in [-0.39, 0.29) is 105 Å². The molecule has 0 bridgehead atoms. The first kappa shape index (κ1) is 64.0. The van der Waals surface area contributed by atoms with Crippen molar-refractivity contribution in [3.05, 3.63) is 52.1 Å². The molecule has 34 heteroatoms. The van der Waals surface area contributed by atoms with Crippen molar-refractivity contribution >= 4 is 112 Å². The first-order valence-corrected chi connectivity index (χ1v) is 25.9. The number of benzene rings is 1. The first-order chi connectivity index (χ1) is 38.3. The van der Waals surface area contributed by atoms with Gasteiger partial charge in [-0.25, -0.2) is 9.97 Å². The number of aromatic nitrogens is 4. The Kier molecular flexibility index (Phi) is 24.6. The molecular formula is C47H63N17O16S. The van der Waals surface area contributed by atoms with E-state index in [2.05, 4.69) is 67.5 Å². The second-order valence-corrected chi connectivity index (χ2v) is 19.3. The van der Waals surface area contributed by atoms with Gasteiger partial charge in [0.1, 0.15) is 24.2 Å². The lowest BCUT2D eigenvalue weighted by Gasteiger charge is -2.25. The molecule has 18 N–H and O–H groups in total. The Morgan fingerprint density at radius 3 is 1.98 bits per heavy atom. The number of carboxylic acid groups (broad SMARTS) is 3. The minimum atomic E-state index is -2.02. The zero-order chi connectivity index (χ0) is 59.9. The molecule has 1 fully saturated rings. The fourth-order valence-corrected chi connectivity index (χ4v) is 8.61. The van der Waals surface area contributed by atoms with Crippen molar-refractivity contribution in [3.8, 4) is 0 Å². The lowest BCUT2D eigenvalue weighted by Crippen LogP contribution is -2.59. The van der Waals surface area contributed by atoms with Crippen LogP contribution in [0.4, 0.5) is 11.6 Å². The maximum absolute atomic E-state index is 13.8. The molecule has 81 heavy (non-hydrogen) atoms. The van der Waals surface area contributed by atoms with Crippen LogP contribution in [0.2, 0.25) is 0 Å². The molecule has 3 heterocycles. The normalized spacial score (nSPS) is 14.7. The number of carbonyl (C=O) groups excluding carboxylic acids is 9. The van der Waals surface area contributed by atoms with E-state index in [0.29, 0.717) is 11.4 Å². The maximum Gasteiger partial charge on any atom is 0.305 e. The number of hydrogen-bond acceptors (Lipinski definition) is 20. The SMILES string of the molecule is CNC(=O)CCN1C(=O)CC(SCCNC(=O)[C@H](CC(=O)O)NC(=O)[C@H](CC(=O)O)NC(=O)[C@H](CCCN=C(N)N)NC(=O)[C@H](CC(=O)O)NC(=O)CC[C@@H](C)NC(=O)c2ccc(NCc3cnc4nc(N)[nH]c(=O)c4n3)cc2)C1=O. The molecule has 1 aliphatic heterocycles. The largest absolute Gasteiger partial charge is 0.481 e. The first-order valence-electron chi connectivity index (χ1n) is 24.8. The molecule has 1 saturated heterocycles. The number of nitrogen functional groups attached to an aromatic ring is 1. The number of carboxylic acids is 3. The summed E-state index contributed by atoms with van der Waals surface area (Å²) in [4.78, 5) is 184. The predicted octanol–water partition coefficient (Wildman–Crippen LogP) is -4.66. The van der Waals surface area contributed by atoms with Gasteiger partial charge < -0.3 is 75.1 Å². The third kappa shape index (κ3) is 21.3. The van der Waals surface area contributed by atoms with E-state index in [1.807, 2.05) is 0 Å². The Morgan fingerprint density at radius 2 is 1.37 bits per heavy atom. The van der Waals surface area contributed by atoms with Crippen molar-refractivity contribution in [2.45, 2.75) is 107 Å². The molecule has 1 aliphatic rings. The minimum Gasteiger partial charge on any atom is -0.481 e. The monoisotopic (exact) mass is 1150 g/mol. The van der Waals surface area contributed by atoms with Crippen LogP contribution in [-0.2, 0) is 59.3 Å². The topological polar surface area (TPSA) is 527 Å². The number of imide groups is 1. The fourth-order valence-electron chi connectivity index (χ4n) is 7.58. The number of nitrogens with two attached hydrogens (primary N) is 3. The van der Waals surface area contributed by atoms with Gasteiger partial charge in [-0.05, 0) is 50.5 Å². The Labute approximate surface area is 463 Å². The van der Waals surface area contributed by atoms with Gasteiger partial charge >= 0.3 is 17.9 Å². The van der Waals surface area contributed by atoms with Crippen LogP contribution < -0.4 is 65.3 Å². The second-order valence-electron chi connectivity index (χ2n) is 18.0. The summed E-state index contributed by atoms with van der Waals surface area (Å²) in [6.45, 7) is 1.31. The van der Waals surface area contributed by atoms with E-state index in [0.717, 1.165) is 16.7 Å². The highest BCUT2D eigenvalue weighted by Gasteiger charge is 2.39. The summed E-state index contributed by atoms with van der Waals surface area (Å²) in [6, 6.07) is -1.71. The Bertz CT molecular complexity index is 2940. The molecular weight excluding hydrogens is 1090 g/mol. The average molecular weight is 1150 g/mol. The van der Waals surface area contributed by atoms with Crippen molar-refractivity contribution in [1.82, 2.24) is 62.1 Å². The van der Waals surface area contributed by atoms with Crippen LogP contribution in [-0.4, -0.2) is 185 Å². The van der Waals surface area contributed by atoms with Gasteiger partial charge in [0.05, 0.1) is 42.9 Å². The molecule has 1 unspecified atom stereocenters. The van der Waals surface area contributed by atoms with E-state index < -0.39 is 125 Å². The summed E-state index contributed by atoms with van der Waals surface area (Å²) in [5.74, 6) is -12.7. The van der Waals surface area contributed by atoms with Crippen LogP contribution in [0.25, 0.3) is 11.2 Å². The Balaban J connectivity index is 1.34. The lowest BCUT2D eigenvalue weighted by molar-refractivity contribution is -0.143. The van der Waals surface area contributed by atoms with Gasteiger partial charge in [-0.1, -0.05) is 0 Å². The van der Waals surface area contributed by atoms with Crippen molar-refractivity contribution in [2.75, 3.05) is 43.5 Å². The number of amides is 9. The quantitative estimate of drug-likeness (QED) is 0.0118. The van der Waals surface area contributed by atoms with Gasteiger partial charge in [0.2, 0.25) is 53.2 Å². The van der Waals surface area contributed by atoms with Crippen LogP contribution in [0, 0.1) is 0 Å². The molecule has 438 valence electrons. The van der Waals surface area contributed by atoms with Gasteiger partial charge in [-0.3, -0.25) is 77.2 Å². The zero-order valence-corrected chi connectivity index (χ0v) is 44.6. The fraction of sp³-hybridized carbons (Fsp3) is 0.468. The number of thioether (sulfide) groups is 1. The van der Waals surface area contributed by atoms with E-state index in [1.165, 1.54) is 25.4 Å². The molecule has 3 aromatic rings. The lowest BCUT2D eigenvalue weighted by atomic mass is 10.1. The maximum atomic E-state index is 13.8. The van der Waals surface area contributed by atoms with Gasteiger partial charge in [-0.2, -0.15) is 4.98 Å². The number of aromatic amines is 1. The highest BCUT2D eigenvalue weighted by Crippen LogP contribution is 2.25. The predicted molar refractivity (Wildman–Crippen MR) is 286 cm³/mol. The molecule has 33 nitrogen and oxygen atoms in total. The molecule has 2 aromatic heterocycles. The number of nitrogens with zero attached hydrogens (tertiary/aromatic N) is 5. The van der Waals surface area contributed by atoms with Crippen molar-refractivity contribution < 1.29 is 72.9 Å². The third-order valence-electron chi connectivity index (χ3n) is 11.7. The number of fused-ring (bicyclic) bond motifs is 1. The summed E-state index contributed by atoms with van der Waals surface area (Å²) in [5, 5.41) is 47.5. The number of aliphatic carboxylic acids is 3.